The number of hydrogen-bond acceptors (Lipinski definition) is 4. The largest absolute Gasteiger partial charge is 0.379 e. The van der Waals surface area contributed by atoms with Crippen molar-refractivity contribution < 1.29 is 0 Å². The van der Waals surface area contributed by atoms with Crippen molar-refractivity contribution >= 4 is 65.7 Å². The molecule has 8 rings (SSSR count). The van der Waals surface area contributed by atoms with E-state index in [0.717, 1.165) is 29.2 Å². The van der Waals surface area contributed by atoms with Gasteiger partial charge in [-0.15, -0.1) is 11.3 Å². The molecule has 1 atom stereocenters. The maximum absolute atomic E-state index is 5.29. The summed E-state index contributed by atoms with van der Waals surface area (Å²) in [6.07, 6.45) is 6.48. The molecule has 0 aliphatic carbocycles. The minimum Gasteiger partial charge on any atom is -0.379 e. The van der Waals surface area contributed by atoms with Crippen LogP contribution in [0.1, 0.15) is 23.0 Å². The molecule has 0 radical (unpaired) electrons. The fourth-order valence-corrected chi connectivity index (χ4v) is 6.82. The van der Waals surface area contributed by atoms with Gasteiger partial charge in [0.25, 0.3) is 0 Å². The molecule has 2 aliphatic rings. The summed E-state index contributed by atoms with van der Waals surface area (Å²) in [5.74, 6) is 0.877. The van der Waals surface area contributed by atoms with Crippen LogP contribution in [0, 0.1) is 0 Å². The molecule has 1 unspecified atom stereocenters. The third kappa shape index (κ3) is 3.32. The molecule has 0 amide bonds. The number of thiophene rings is 1. The molecule has 0 spiro atoms. The van der Waals surface area contributed by atoms with Crippen LogP contribution in [0.4, 0.5) is 5.69 Å². The average molecular weight is 509 g/mol. The van der Waals surface area contributed by atoms with E-state index in [-0.39, 0.29) is 6.17 Å². The molecular weight excluding hydrogens is 484 g/mol. The number of amidine groups is 1. The van der Waals surface area contributed by atoms with Crippen molar-refractivity contribution in [3.05, 3.63) is 126 Å². The van der Waals surface area contributed by atoms with E-state index in [0.29, 0.717) is 0 Å². The first-order valence-electron chi connectivity index (χ1n) is 12.9. The van der Waals surface area contributed by atoms with E-state index in [1.807, 2.05) is 17.4 Å². The van der Waals surface area contributed by atoms with E-state index < -0.39 is 0 Å². The lowest BCUT2D eigenvalue weighted by molar-refractivity contribution is 0.644. The lowest BCUT2D eigenvalue weighted by Crippen LogP contribution is -2.29. The number of aromatic nitrogens is 1. The van der Waals surface area contributed by atoms with Crippen molar-refractivity contribution in [1.82, 2.24) is 9.88 Å². The summed E-state index contributed by atoms with van der Waals surface area (Å²) in [6.45, 7) is 0.826. The molecule has 5 heteroatoms. The highest BCUT2D eigenvalue weighted by atomic mass is 32.1. The van der Waals surface area contributed by atoms with Crippen molar-refractivity contribution in [2.45, 2.75) is 6.17 Å². The summed E-state index contributed by atoms with van der Waals surface area (Å²) < 4.78 is 5.03. The monoisotopic (exact) mass is 508 g/mol. The first-order chi connectivity index (χ1) is 18.8. The first kappa shape index (κ1) is 21.5. The Morgan fingerprint density at radius 2 is 1.53 bits per heavy atom. The lowest BCUT2D eigenvalue weighted by Gasteiger charge is -2.26. The Hall–Kier alpha value is -4.61. The van der Waals surface area contributed by atoms with Gasteiger partial charge in [-0.05, 0) is 35.9 Å². The van der Waals surface area contributed by atoms with E-state index in [9.17, 15) is 0 Å². The summed E-state index contributed by atoms with van der Waals surface area (Å²) in [5, 5.41) is 11.1. The second-order valence-corrected chi connectivity index (χ2v) is 10.8. The highest BCUT2D eigenvalue weighted by Crippen LogP contribution is 2.43. The van der Waals surface area contributed by atoms with Gasteiger partial charge in [0.1, 0.15) is 12.0 Å². The molecule has 6 aromatic rings. The standard InChI is InChI=1S/C33H24N4S/c1-3-10-21(11-4-1)26-20-31(36-33(35-26)22-12-5-2-6-13-22)37-27-15-9-17-34-32(27)25-19-30-24(18-28(25)37)23-14-7-8-16-29(23)38-30/h1-16,18-20,31,34H,17H2,(H,35,36). The number of nitrogens with zero attached hydrogens (tertiary/aromatic N) is 2. The van der Waals surface area contributed by atoms with Crippen LogP contribution in [0.5, 0.6) is 0 Å². The highest BCUT2D eigenvalue weighted by molar-refractivity contribution is 7.25. The Labute approximate surface area is 224 Å². The highest BCUT2D eigenvalue weighted by Gasteiger charge is 2.26. The van der Waals surface area contributed by atoms with Crippen LogP contribution in [0.2, 0.25) is 0 Å². The molecule has 0 saturated carbocycles. The minimum atomic E-state index is -0.209. The van der Waals surface area contributed by atoms with Gasteiger partial charge < -0.3 is 15.2 Å². The summed E-state index contributed by atoms with van der Waals surface area (Å²) >= 11 is 1.86. The molecule has 2 N–H and O–H groups in total. The van der Waals surface area contributed by atoms with Crippen molar-refractivity contribution in [2.24, 2.45) is 4.99 Å². The summed E-state index contributed by atoms with van der Waals surface area (Å²) in [6, 6.07) is 34.3. The number of fused-ring (bicyclic) bond motifs is 6. The number of aliphatic imine (C=N–C) groups is 1. The maximum Gasteiger partial charge on any atom is 0.149 e. The van der Waals surface area contributed by atoms with Crippen LogP contribution >= 0.6 is 11.3 Å². The number of hydrogen-bond donors (Lipinski definition) is 2. The van der Waals surface area contributed by atoms with Crippen LogP contribution < -0.4 is 10.6 Å². The summed E-state index contributed by atoms with van der Waals surface area (Å²) in [4.78, 5) is 5.29. The third-order valence-corrected chi connectivity index (χ3v) is 8.57. The molecule has 4 heterocycles. The minimum absolute atomic E-state index is 0.209. The first-order valence-corrected chi connectivity index (χ1v) is 13.7. The topological polar surface area (TPSA) is 41.4 Å². The van der Waals surface area contributed by atoms with E-state index >= 15 is 0 Å². The maximum atomic E-state index is 5.29. The van der Waals surface area contributed by atoms with Crippen LogP contribution in [0.25, 0.3) is 42.8 Å². The lowest BCUT2D eigenvalue weighted by atomic mass is 10.1. The number of nitrogens with one attached hydrogen (secondary N) is 2. The van der Waals surface area contributed by atoms with Crippen LogP contribution in [0.15, 0.2) is 114 Å². The third-order valence-electron chi connectivity index (χ3n) is 7.44. The van der Waals surface area contributed by atoms with Gasteiger partial charge >= 0.3 is 0 Å². The molecule has 0 fully saturated rings. The summed E-state index contributed by atoms with van der Waals surface area (Å²) in [5.41, 5.74) is 6.83. The average Bonchev–Trinajstić information content (AvgIpc) is 3.51. The zero-order chi connectivity index (χ0) is 25.1. The SMILES string of the molecule is C1=Cc2c(c3cc4sc5ccccc5c4cc3n2C2C=C(c3ccccc3)NC(c3ccccc3)=N2)NC1. The van der Waals surface area contributed by atoms with Gasteiger partial charge in [-0.3, -0.25) is 0 Å². The molecule has 182 valence electrons. The Balaban J connectivity index is 1.41. The fourth-order valence-electron chi connectivity index (χ4n) is 5.69. The predicted molar refractivity (Wildman–Crippen MR) is 162 cm³/mol. The Morgan fingerprint density at radius 1 is 0.763 bits per heavy atom. The molecular formula is C33H24N4S. The van der Waals surface area contributed by atoms with Crippen LogP contribution in [0.3, 0.4) is 0 Å². The van der Waals surface area contributed by atoms with Crippen molar-refractivity contribution in [3.63, 3.8) is 0 Å². The zero-order valence-corrected chi connectivity index (χ0v) is 21.4. The van der Waals surface area contributed by atoms with Gasteiger partial charge in [0.05, 0.1) is 16.9 Å². The normalized spacial score (nSPS) is 16.7. The predicted octanol–water partition coefficient (Wildman–Crippen LogP) is 8.04. The van der Waals surface area contributed by atoms with Crippen molar-refractivity contribution in [2.75, 3.05) is 11.9 Å². The quantitative estimate of drug-likeness (QED) is 0.254. The van der Waals surface area contributed by atoms with Crippen molar-refractivity contribution in [3.8, 4) is 0 Å². The molecule has 0 saturated heterocycles. The number of benzene rings is 4. The molecule has 38 heavy (non-hydrogen) atoms. The molecule has 4 aromatic carbocycles. The second-order valence-electron chi connectivity index (χ2n) is 9.71. The Bertz CT molecular complexity index is 1890. The van der Waals surface area contributed by atoms with E-state index in [4.69, 9.17) is 4.99 Å². The van der Waals surface area contributed by atoms with Gasteiger partial charge in [0, 0.05) is 43.4 Å². The van der Waals surface area contributed by atoms with Gasteiger partial charge in [0.2, 0.25) is 0 Å². The Kier molecular flexibility index (Phi) is 4.79. The van der Waals surface area contributed by atoms with Gasteiger partial charge in [-0.25, -0.2) is 4.99 Å². The molecule has 0 bridgehead atoms. The van der Waals surface area contributed by atoms with Gasteiger partial charge in [0.15, 0.2) is 0 Å². The number of rotatable bonds is 3. The van der Waals surface area contributed by atoms with Gasteiger partial charge in [-0.1, -0.05) is 84.9 Å². The second kappa shape index (κ2) is 8.47. The van der Waals surface area contributed by atoms with Crippen LogP contribution in [-0.2, 0) is 0 Å². The zero-order valence-electron chi connectivity index (χ0n) is 20.6. The van der Waals surface area contributed by atoms with Gasteiger partial charge in [-0.2, -0.15) is 0 Å². The summed E-state index contributed by atoms with van der Waals surface area (Å²) in [7, 11) is 0. The molecule has 2 aliphatic heterocycles. The fraction of sp³-hybridized carbons (Fsp3) is 0.0606. The molecule has 2 aromatic heterocycles. The Morgan fingerprint density at radius 3 is 2.37 bits per heavy atom. The van der Waals surface area contributed by atoms with Crippen molar-refractivity contribution in [1.29, 1.82) is 0 Å². The number of anilines is 1. The smallest absolute Gasteiger partial charge is 0.149 e. The van der Waals surface area contributed by atoms with Crippen LogP contribution in [-0.4, -0.2) is 16.9 Å². The van der Waals surface area contributed by atoms with E-state index in [1.165, 1.54) is 42.5 Å². The van der Waals surface area contributed by atoms with E-state index in [2.05, 4.69) is 124 Å². The van der Waals surface area contributed by atoms with E-state index in [1.54, 1.807) is 0 Å². The molecule has 4 nitrogen and oxygen atoms in total.